The van der Waals surface area contributed by atoms with Crippen LogP contribution in [0.3, 0.4) is 0 Å². The minimum atomic E-state index is -1.58. The molecule has 0 atom stereocenters. The Morgan fingerprint density at radius 1 is 1.00 bits per heavy atom. The van der Waals surface area contributed by atoms with Gasteiger partial charge in [-0.05, 0) is 38.1 Å². The summed E-state index contributed by atoms with van der Waals surface area (Å²) in [5.74, 6) is -3.93. The number of hydrogen-bond donors (Lipinski definition) is 3. The van der Waals surface area contributed by atoms with Crippen molar-refractivity contribution < 1.29 is 18.0 Å². The number of urea groups is 1. The van der Waals surface area contributed by atoms with E-state index in [0.29, 0.717) is 0 Å². The number of aromatic nitrogens is 2. The normalized spacial score (nSPS) is 10.5. The summed E-state index contributed by atoms with van der Waals surface area (Å²) in [7, 11) is 0. The Morgan fingerprint density at radius 2 is 1.65 bits per heavy atom. The van der Waals surface area contributed by atoms with Crippen molar-refractivity contribution in [2.75, 3.05) is 10.6 Å². The van der Waals surface area contributed by atoms with Gasteiger partial charge in [-0.15, -0.1) is 10.2 Å². The number of carbonyl (C=O) groups excluding carboxylic acids is 1. The van der Waals surface area contributed by atoms with E-state index in [0.717, 1.165) is 12.1 Å². The molecule has 0 saturated heterocycles. The summed E-state index contributed by atoms with van der Waals surface area (Å²) in [5, 5.41) is 15.0. The van der Waals surface area contributed by atoms with E-state index >= 15 is 0 Å². The standard InChI is InChI=1S/C14H14F3N5O/c1-7(2)18-14(23)20-11-6-5-10(21-22-11)19-9-4-3-8(15)12(16)13(9)17/h3-7H,1-2H3,(H,19,21)(H2,18,20,22,23). The zero-order valence-corrected chi connectivity index (χ0v) is 12.3. The van der Waals surface area contributed by atoms with E-state index in [1.165, 1.54) is 12.1 Å². The molecule has 0 aliphatic rings. The molecule has 9 heteroatoms. The fraction of sp³-hybridized carbons (Fsp3) is 0.214. The molecule has 1 aromatic heterocycles. The first kappa shape index (κ1) is 16.5. The van der Waals surface area contributed by atoms with Crippen molar-refractivity contribution in [3.05, 3.63) is 41.7 Å². The van der Waals surface area contributed by atoms with Crippen molar-refractivity contribution in [2.24, 2.45) is 0 Å². The van der Waals surface area contributed by atoms with Gasteiger partial charge in [0.2, 0.25) is 0 Å². The van der Waals surface area contributed by atoms with Crippen LogP contribution in [0.25, 0.3) is 0 Å². The number of amides is 2. The van der Waals surface area contributed by atoms with E-state index < -0.39 is 23.5 Å². The van der Waals surface area contributed by atoms with Crippen LogP contribution in [0.4, 0.5) is 35.3 Å². The number of carbonyl (C=O) groups is 1. The van der Waals surface area contributed by atoms with E-state index in [1.54, 1.807) is 13.8 Å². The molecule has 0 aliphatic carbocycles. The second-order valence-corrected chi connectivity index (χ2v) is 4.90. The molecule has 0 radical (unpaired) electrons. The molecular weight excluding hydrogens is 311 g/mol. The van der Waals surface area contributed by atoms with Crippen LogP contribution >= 0.6 is 0 Å². The van der Waals surface area contributed by atoms with Gasteiger partial charge in [0, 0.05) is 6.04 Å². The molecule has 23 heavy (non-hydrogen) atoms. The SMILES string of the molecule is CC(C)NC(=O)Nc1ccc(Nc2ccc(F)c(F)c2F)nn1. The number of anilines is 3. The van der Waals surface area contributed by atoms with E-state index in [2.05, 4.69) is 26.1 Å². The Morgan fingerprint density at radius 3 is 2.26 bits per heavy atom. The molecule has 0 spiro atoms. The maximum atomic E-state index is 13.5. The van der Waals surface area contributed by atoms with E-state index in [4.69, 9.17) is 0 Å². The summed E-state index contributed by atoms with van der Waals surface area (Å²) in [6.45, 7) is 3.60. The number of benzene rings is 1. The van der Waals surface area contributed by atoms with E-state index in [-0.39, 0.29) is 23.4 Å². The average molecular weight is 325 g/mol. The van der Waals surface area contributed by atoms with Crippen molar-refractivity contribution in [3.8, 4) is 0 Å². The molecule has 3 N–H and O–H groups in total. The molecule has 1 heterocycles. The second-order valence-electron chi connectivity index (χ2n) is 4.90. The van der Waals surface area contributed by atoms with Crippen molar-refractivity contribution in [1.29, 1.82) is 0 Å². The third kappa shape index (κ3) is 4.31. The van der Waals surface area contributed by atoms with Crippen molar-refractivity contribution >= 4 is 23.4 Å². The molecular formula is C14H14F3N5O. The smallest absolute Gasteiger partial charge is 0.320 e. The maximum absolute atomic E-state index is 13.5. The fourth-order valence-corrected chi connectivity index (χ4v) is 1.64. The first-order chi connectivity index (χ1) is 10.9. The molecule has 0 bridgehead atoms. The summed E-state index contributed by atoms with van der Waals surface area (Å²) in [6.07, 6.45) is 0. The van der Waals surface area contributed by atoms with E-state index in [9.17, 15) is 18.0 Å². The van der Waals surface area contributed by atoms with Crippen molar-refractivity contribution in [3.63, 3.8) is 0 Å². The highest BCUT2D eigenvalue weighted by atomic mass is 19.2. The van der Waals surface area contributed by atoms with Crippen LogP contribution in [0, 0.1) is 17.5 Å². The maximum Gasteiger partial charge on any atom is 0.320 e. The highest BCUT2D eigenvalue weighted by Gasteiger charge is 2.14. The third-order valence-corrected chi connectivity index (χ3v) is 2.62. The molecule has 2 rings (SSSR count). The van der Waals surface area contributed by atoms with Crippen molar-refractivity contribution in [2.45, 2.75) is 19.9 Å². The Kier molecular flexibility index (Phi) is 4.99. The zero-order valence-electron chi connectivity index (χ0n) is 12.3. The van der Waals surface area contributed by atoms with Crippen LogP contribution in [0.5, 0.6) is 0 Å². The summed E-state index contributed by atoms with van der Waals surface area (Å²) in [5.41, 5.74) is -0.281. The Balaban J connectivity index is 2.06. The lowest BCUT2D eigenvalue weighted by Crippen LogP contribution is -2.34. The molecule has 2 aromatic rings. The minimum Gasteiger partial charge on any atom is -0.336 e. The van der Waals surface area contributed by atoms with Crippen molar-refractivity contribution in [1.82, 2.24) is 15.5 Å². The average Bonchev–Trinajstić information content (AvgIpc) is 2.49. The summed E-state index contributed by atoms with van der Waals surface area (Å²) < 4.78 is 39.5. The van der Waals surface area contributed by atoms with Gasteiger partial charge in [-0.25, -0.2) is 18.0 Å². The Labute approximate surface area is 130 Å². The summed E-state index contributed by atoms with van der Waals surface area (Å²) >= 11 is 0. The van der Waals surface area contributed by atoms with Crippen LogP contribution in [-0.2, 0) is 0 Å². The van der Waals surface area contributed by atoms with Crippen LogP contribution in [-0.4, -0.2) is 22.3 Å². The fourth-order valence-electron chi connectivity index (χ4n) is 1.64. The highest BCUT2D eigenvalue weighted by Crippen LogP contribution is 2.22. The number of rotatable bonds is 4. The van der Waals surface area contributed by atoms with Crippen LogP contribution in [0.15, 0.2) is 24.3 Å². The van der Waals surface area contributed by atoms with Gasteiger partial charge in [-0.1, -0.05) is 0 Å². The third-order valence-electron chi connectivity index (χ3n) is 2.62. The summed E-state index contributed by atoms with van der Waals surface area (Å²) in [6, 6.07) is 4.17. The molecule has 0 aliphatic heterocycles. The number of nitrogens with zero attached hydrogens (tertiary/aromatic N) is 2. The lowest BCUT2D eigenvalue weighted by Gasteiger charge is -2.10. The predicted molar refractivity (Wildman–Crippen MR) is 78.9 cm³/mol. The second kappa shape index (κ2) is 6.95. The number of hydrogen-bond acceptors (Lipinski definition) is 4. The zero-order chi connectivity index (χ0) is 17.0. The van der Waals surface area contributed by atoms with Gasteiger partial charge in [0.05, 0.1) is 5.69 Å². The largest absolute Gasteiger partial charge is 0.336 e. The molecule has 1 aromatic carbocycles. The van der Waals surface area contributed by atoms with Gasteiger partial charge in [-0.2, -0.15) is 0 Å². The predicted octanol–water partition coefficient (Wildman–Crippen LogP) is 3.17. The first-order valence-electron chi connectivity index (χ1n) is 6.68. The molecule has 122 valence electrons. The van der Waals surface area contributed by atoms with Gasteiger partial charge in [-0.3, -0.25) is 5.32 Å². The summed E-state index contributed by atoms with van der Waals surface area (Å²) in [4.78, 5) is 11.5. The quantitative estimate of drug-likeness (QED) is 0.755. The first-order valence-corrected chi connectivity index (χ1v) is 6.68. The van der Waals surface area contributed by atoms with Gasteiger partial charge in [0.1, 0.15) is 0 Å². The lowest BCUT2D eigenvalue weighted by molar-refractivity contribution is 0.250. The van der Waals surface area contributed by atoms with Gasteiger partial charge < -0.3 is 10.6 Å². The van der Waals surface area contributed by atoms with Crippen LogP contribution < -0.4 is 16.0 Å². The number of nitrogens with one attached hydrogen (secondary N) is 3. The van der Waals surface area contributed by atoms with Crippen LogP contribution in [0.2, 0.25) is 0 Å². The van der Waals surface area contributed by atoms with Gasteiger partial charge >= 0.3 is 6.03 Å². The molecule has 6 nitrogen and oxygen atoms in total. The Bertz CT molecular complexity index is 706. The van der Waals surface area contributed by atoms with Gasteiger partial charge in [0.25, 0.3) is 0 Å². The highest BCUT2D eigenvalue weighted by molar-refractivity contribution is 5.88. The lowest BCUT2D eigenvalue weighted by atomic mass is 10.3. The van der Waals surface area contributed by atoms with E-state index in [1.807, 2.05) is 0 Å². The molecule has 0 unspecified atom stereocenters. The molecule has 2 amide bonds. The van der Waals surface area contributed by atoms with Gasteiger partial charge in [0.15, 0.2) is 29.1 Å². The molecule has 0 saturated carbocycles. The van der Waals surface area contributed by atoms with Crippen LogP contribution in [0.1, 0.15) is 13.8 Å². The topological polar surface area (TPSA) is 78.9 Å². The minimum absolute atomic E-state index is 0.0414. The monoisotopic (exact) mass is 325 g/mol. The Hall–Kier alpha value is -2.84. The molecule has 0 fully saturated rings. The number of halogens is 3.